The Labute approximate surface area is 93.8 Å². The topological polar surface area (TPSA) is 72.6 Å². The molecule has 1 rings (SSSR count). The number of benzene rings is 1. The molecule has 0 amide bonds. The first-order valence-electron chi connectivity index (χ1n) is 4.95. The number of nitrogens with zero attached hydrogens (tertiary/aromatic N) is 1. The average Bonchev–Trinajstić information content (AvgIpc) is 2.17. The molecule has 1 unspecified atom stereocenters. The lowest BCUT2D eigenvalue weighted by Gasteiger charge is -2.10. The number of methoxy groups -OCH3 is 1. The lowest BCUT2D eigenvalue weighted by atomic mass is 10.0. The van der Waals surface area contributed by atoms with Gasteiger partial charge < -0.3 is 9.84 Å². The van der Waals surface area contributed by atoms with Crippen molar-refractivity contribution >= 4 is 5.69 Å². The van der Waals surface area contributed by atoms with Crippen molar-refractivity contribution in [3.05, 3.63) is 39.4 Å². The fraction of sp³-hybridized carbons (Fsp3) is 0.455. The first kappa shape index (κ1) is 12.6. The number of hydrogen-bond donors (Lipinski definition) is 1. The third-order valence-electron chi connectivity index (χ3n) is 2.25. The summed E-state index contributed by atoms with van der Waals surface area (Å²) < 4.78 is 4.79. The van der Waals surface area contributed by atoms with Gasteiger partial charge in [0.05, 0.1) is 17.6 Å². The second-order valence-corrected chi connectivity index (χ2v) is 3.70. The average molecular weight is 225 g/mol. The lowest BCUT2D eigenvalue weighted by molar-refractivity contribution is -0.385. The lowest BCUT2D eigenvalue weighted by Crippen LogP contribution is -2.17. The first-order chi connectivity index (χ1) is 7.54. The third kappa shape index (κ3) is 3.29. The van der Waals surface area contributed by atoms with Gasteiger partial charge in [-0.2, -0.15) is 0 Å². The summed E-state index contributed by atoms with van der Waals surface area (Å²) in [5.41, 5.74) is 1.51. The molecule has 1 N–H and O–H groups in total. The van der Waals surface area contributed by atoms with Crippen LogP contribution in [0.2, 0.25) is 0 Å². The van der Waals surface area contributed by atoms with Gasteiger partial charge in [-0.05, 0) is 13.0 Å². The summed E-state index contributed by atoms with van der Waals surface area (Å²) in [7, 11) is 1.48. The number of rotatable bonds is 5. The minimum Gasteiger partial charge on any atom is -0.390 e. The van der Waals surface area contributed by atoms with Crippen LogP contribution in [0, 0.1) is 17.0 Å². The molecule has 0 bridgehead atoms. The number of aliphatic hydroxyl groups excluding tert-OH is 1. The minimum absolute atomic E-state index is 0.0424. The van der Waals surface area contributed by atoms with Gasteiger partial charge >= 0.3 is 0 Å². The summed E-state index contributed by atoms with van der Waals surface area (Å²) in [6.07, 6.45) is -0.489. The van der Waals surface area contributed by atoms with E-state index in [1.807, 2.05) is 6.92 Å². The van der Waals surface area contributed by atoms with Gasteiger partial charge in [0.1, 0.15) is 0 Å². The number of hydrogen-bond acceptors (Lipinski definition) is 4. The van der Waals surface area contributed by atoms with Crippen molar-refractivity contribution in [2.75, 3.05) is 13.7 Å². The summed E-state index contributed by atoms with van der Waals surface area (Å²) in [6, 6.07) is 4.87. The highest BCUT2D eigenvalue weighted by molar-refractivity contribution is 5.42. The van der Waals surface area contributed by atoms with Crippen LogP contribution in [-0.4, -0.2) is 29.9 Å². The molecule has 16 heavy (non-hydrogen) atoms. The third-order valence-corrected chi connectivity index (χ3v) is 2.25. The van der Waals surface area contributed by atoms with Crippen molar-refractivity contribution in [3.8, 4) is 0 Å². The Hall–Kier alpha value is -1.46. The van der Waals surface area contributed by atoms with E-state index in [0.717, 1.165) is 5.56 Å². The molecule has 5 heteroatoms. The van der Waals surface area contributed by atoms with Crippen LogP contribution in [0.25, 0.3) is 0 Å². The Bertz CT molecular complexity index is 378. The van der Waals surface area contributed by atoms with Crippen molar-refractivity contribution < 1.29 is 14.8 Å². The van der Waals surface area contributed by atoms with E-state index in [1.165, 1.54) is 13.2 Å². The number of nitro groups is 1. The molecule has 0 aliphatic heterocycles. The van der Waals surface area contributed by atoms with Crippen molar-refractivity contribution in [2.45, 2.75) is 19.4 Å². The van der Waals surface area contributed by atoms with Crippen LogP contribution in [-0.2, 0) is 11.2 Å². The van der Waals surface area contributed by atoms with Crippen LogP contribution in [0.5, 0.6) is 0 Å². The monoisotopic (exact) mass is 225 g/mol. The molecule has 1 aromatic rings. The summed E-state index contributed by atoms with van der Waals surface area (Å²) in [4.78, 5) is 10.3. The fourth-order valence-corrected chi connectivity index (χ4v) is 1.56. The quantitative estimate of drug-likeness (QED) is 0.608. The molecule has 1 aromatic carbocycles. The largest absolute Gasteiger partial charge is 0.390 e. The normalized spacial score (nSPS) is 12.4. The number of nitro benzene ring substituents is 1. The summed E-state index contributed by atoms with van der Waals surface area (Å²) in [5.74, 6) is 0. The Kier molecular flexibility index (Phi) is 4.39. The smallest absolute Gasteiger partial charge is 0.272 e. The summed E-state index contributed by atoms with van der Waals surface area (Å²) in [5, 5.41) is 20.3. The predicted molar refractivity (Wildman–Crippen MR) is 59.4 cm³/mol. The highest BCUT2D eigenvalue weighted by Crippen LogP contribution is 2.21. The Morgan fingerprint density at radius 2 is 2.25 bits per heavy atom. The first-order valence-corrected chi connectivity index (χ1v) is 4.95. The van der Waals surface area contributed by atoms with Gasteiger partial charge in [0.25, 0.3) is 5.69 Å². The summed E-state index contributed by atoms with van der Waals surface area (Å²) in [6.45, 7) is 2.03. The van der Waals surface area contributed by atoms with Crippen LogP contribution in [0.15, 0.2) is 18.2 Å². The van der Waals surface area contributed by atoms with E-state index in [1.54, 1.807) is 12.1 Å². The van der Waals surface area contributed by atoms with Gasteiger partial charge in [-0.3, -0.25) is 10.1 Å². The molecule has 0 aliphatic carbocycles. The molecule has 0 saturated carbocycles. The van der Waals surface area contributed by atoms with Crippen LogP contribution in [0.3, 0.4) is 0 Å². The van der Waals surface area contributed by atoms with Gasteiger partial charge in [-0.25, -0.2) is 0 Å². The number of aliphatic hydroxyl groups is 1. The van der Waals surface area contributed by atoms with E-state index in [-0.39, 0.29) is 18.7 Å². The molecule has 0 fully saturated rings. The van der Waals surface area contributed by atoms with Crippen LogP contribution in [0.1, 0.15) is 11.1 Å². The maximum atomic E-state index is 10.8. The molecule has 1 atom stereocenters. The molecule has 0 spiro atoms. The SMILES string of the molecule is COCC(O)Cc1cc(C)ccc1[N+](=O)[O-]. The van der Waals surface area contributed by atoms with Gasteiger partial charge in [0, 0.05) is 25.2 Å². The summed E-state index contributed by atoms with van der Waals surface area (Å²) >= 11 is 0. The molecule has 0 aliphatic rings. The van der Waals surface area contributed by atoms with E-state index in [9.17, 15) is 15.2 Å². The van der Waals surface area contributed by atoms with E-state index in [0.29, 0.717) is 5.56 Å². The Morgan fingerprint density at radius 3 is 2.81 bits per heavy atom. The van der Waals surface area contributed by atoms with Gasteiger partial charge in [-0.1, -0.05) is 11.6 Å². The zero-order valence-corrected chi connectivity index (χ0v) is 9.34. The van der Waals surface area contributed by atoms with E-state index >= 15 is 0 Å². The zero-order chi connectivity index (χ0) is 12.1. The van der Waals surface area contributed by atoms with E-state index in [4.69, 9.17) is 4.74 Å². The van der Waals surface area contributed by atoms with Crippen molar-refractivity contribution in [1.82, 2.24) is 0 Å². The van der Waals surface area contributed by atoms with Crippen LogP contribution in [0.4, 0.5) is 5.69 Å². The van der Waals surface area contributed by atoms with E-state index in [2.05, 4.69) is 0 Å². The van der Waals surface area contributed by atoms with Crippen molar-refractivity contribution in [1.29, 1.82) is 0 Å². The fourth-order valence-electron chi connectivity index (χ4n) is 1.56. The molecule has 5 nitrogen and oxygen atoms in total. The molecule has 0 aromatic heterocycles. The Morgan fingerprint density at radius 1 is 1.56 bits per heavy atom. The molecule has 0 radical (unpaired) electrons. The minimum atomic E-state index is -0.717. The highest BCUT2D eigenvalue weighted by atomic mass is 16.6. The Balaban J connectivity index is 2.92. The molecule has 88 valence electrons. The maximum Gasteiger partial charge on any atom is 0.272 e. The van der Waals surface area contributed by atoms with Crippen molar-refractivity contribution in [2.24, 2.45) is 0 Å². The number of ether oxygens (including phenoxy) is 1. The van der Waals surface area contributed by atoms with Crippen LogP contribution < -0.4 is 0 Å². The molecular formula is C11H15NO4. The van der Waals surface area contributed by atoms with Gasteiger partial charge in [-0.15, -0.1) is 0 Å². The highest BCUT2D eigenvalue weighted by Gasteiger charge is 2.16. The molecule has 0 saturated heterocycles. The zero-order valence-electron chi connectivity index (χ0n) is 9.34. The van der Waals surface area contributed by atoms with Gasteiger partial charge in [0.2, 0.25) is 0 Å². The second-order valence-electron chi connectivity index (χ2n) is 3.70. The van der Waals surface area contributed by atoms with E-state index < -0.39 is 11.0 Å². The number of aryl methyl sites for hydroxylation is 1. The molecule has 0 heterocycles. The van der Waals surface area contributed by atoms with Crippen molar-refractivity contribution in [3.63, 3.8) is 0 Å². The predicted octanol–water partition coefficient (Wildman–Crippen LogP) is 1.45. The van der Waals surface area contributed by atoms with Crippen LogP contribution >= 0.6 is 0 Å². The maximum absolute atomic E-state index is 10.8. The van der Waals surface area contributed by atoms with Gasteiger partial charge in [0.15, 0.2) is 0 Å². The molecular weight excluding hydrogens is 210 g/mol. The second kappa shape index (κ2) is 5.58. The standard InChI is InChI=1S/C11H15NO4/c1-8-3-4-11(12(14)15)9(5-8)6-10(13)7-16-2/h3-5,10,13H,6-7H2,1-2H3.